The Balaban J connectivity index is 2.95. The lowest BCUT2D eigenvalue weighted by atomic mass is 10.2. The molecular weight excluding hydrogens is 299 g/mol. The zero-order valence-corrected chi connectivity index (χ0v) is 9.22. The minimum absolute atomic E-state index is 0.00861. The highest BCUT2D eigenvalue weighted by molar-refractivity contribution is 14.1. The molecule has 0 fully saturated rings. The van der Waals surface area contributed by atoms with E-state index in [0.717, 1.165) is 0 Å². The Labute approximate surface area is 94.0 Å². The Morgan fingerprint density at radius 2 is 2.00 bits per heavy atom. The molecule has 0 atom stereocenters. The van der Waals surface area contributed by atoms with Crippen LogP contribution in [0.15, 0.2) is 24.3 Å². The summed E-state index contributed by atoms with van der Waals surface area (Å²) < 4.78 is 5.01. The number of carboxylic acids is 1. The first-order chi connectivity index (χ1) is 6.65. The number of rotatable bonds is 3. The minimum atomic E-state index is -1.11. The highest BCUT2D eigenvalue weighted by atomic mass is 127. The summed E-state index contributed by atoms with van der Waals surface area (Å²) in [5, 5.41) is 8.76. The molecule has 0 bridgehead atoms. The van der Waals surface area contributed by atoms with Crippen LogP contribution in [0.5, 0.6) is 5.75 Å². The van der Waals surface area contributed by atoms with Gasteiger partial charge >= 0.3 is 11.9 Å². The second-order valence-electron chi connectivity index (χ2n) is 2.41. The van der Waals surface area contributed by atoms with E-state index in [1.54, 1.807) is 12.1 Å². The molecule has 0 unspecified atom stereocenters. The van der Waals surface area contributed by atoms with Crippen molar-refractivity contribution in [2.75, 3.05) is 4.43 Å². The van der Waals surface area contributed by atoms with Gasteiger partial charge < -0.3 is 9.84 Å². The number of carboxylic acid groups (broad SMARTS) is 1. The lowest BCUT2D eigenvalue weighted by Gasteiger charge is -2.04. The van der Waals surface area contributed by atoms with Gasteiger partial charge in [0.15, 0.2) is 0 Å². The minimum Gasteiger partial charge on any atom is -0.478 e. The van der Waals surface area contributed by atoms with Gasteiger partial charge in [-0.05, 0) is 12.1 Å². The zero-order chi connectivity index (χ0) is 10.6. The van der Waals surface area contributed by atoms with E-state index in [0.29, 0.717) is 0 Å². The van der Waals surface area contributed by atoms with E-state index in [1.165, 1.54) is 12.1 Å². The molecule has 0 heterocycles. The van der Waals surface area contributed by atoms with Crippen molar-refractivity contribution in [2.45, 2.75) is 0 Å². The van der Waals surface area contributed by atoms with Gasteiger partial charge in [0.05, 0.1) is 4.43 Å². The summed E-state index contributed by atoms with van der Waals surface area (Å²) in [7, 11) is 0. The third-order valence-corrected chi connectivity index (χ3v) is 2.07. The van der Waals surface area contributed by atoms with Crippen molar-refractivity contribution >= 4 is 34.5 Å². The van der Waals surface area contributed by atoms with Crippen LogP contribution in [-0.2, 0) is 4.79 Å². The highest BCUT2D eigenvalue weighted by Crippen LogP contribution is 2.17. The molecule has 0 aliphatic heterocycles. The Bertz CT molecular complexity index is 362. The van der Waals surface area contributed by atoms with Crippen LogP contribution in [0.1, 0.15) is 10.4 Å². The van der Waals surface area contributed by atoms with Crippen LogP contribution in [0.25, 0.3) is 0 Å². The second-order valence-corrected chi connectivity index (χ2v) is 3.17. The molecule has 0 saturated carbocycles. The van der Waals surface area contributed by atoms with Crippen LogP contribution < -0.4 is 4.74 Å². The first kappa shape index (κ1) is 11.0. The normalized spacial score (nSPS) is 9.50. The maximum absolute atomic E-state index is 10.9. The van der Waals surface area contributed by atoms with Gasteiger partial charge in [0, 0.05) is 0 Å². The number of hydrogen-bond donors (Lipinski definition) is 1. The topological polar surface area (TPSA) is 63.6 Å². The molecule has 0 saturated heterocycles. The van der Waals surface area contributed by atoms with E-state index in [4.69, 9.17) is 9.84 Å². The summed E-state index contributed by atoms with van der Waals surface area (Å²) >= 11 is 1.85. The molecule has 0 aliphatic rings. The first-order valence-corrected chi connectivity index (χ1v) is 5.26. The number of hydrogen-bond acceptors (Lipinski definition) is 3. The van der Waals surface area contributed by atoms with E-state index in [-0.39, 0.29) is 15.7 Å². The number of para-hydroxylation sites is 1. The van der Waals surface area contributed by atoms with Gasteiger partial charge in [0.2, 0.25) is 0 Å². The maximum Gasteiger partial charge on any atom is 0.339 e. The van der Waals surface area contributed by atoms with E-state index in [2.05, 4.69) is 0 Å². The molecule has 74 valence electrons. The molecule has 14 heavy (non-hydrogen) atoms. The summed E-state index contributed by atoms with van der Waals surface area (Å²) in [5.74, 6) is -1.48. The lowest BCUT2D eigenvalue weighted by molar-refractivity contribution is -0.131. The smallest absolute Gasteiger partial charge is 0.339 e. The fourth-order valence-electron chi connectivity index (χ4n) is 0.882. The number of ether oxygens (including phenoxy) is 1. The summed E-state index contributed by atoms with van der Waals surface area (Å²) in [6.07, 6.45) is 0. The van der Waals surface area contributed by atoms with Crippen molar-refractivity contribution in [3.05, 3.63) is 29.8 Å². The fourth-order valence-corrected chi connectivity index (χ4v) is 1.04. The molecule has 5 heteroatoms. The van der Waals surface area contributed by atoms with Gasteiger partial charge in [-0.3, -0.25) is 4.79 Å². The Hall–Kier alpha value is -1.11. The van der Waals surface area contributed by atoms with Gasteiger partial charge in [0.25, 0.3) is 0 Å². The first-order valence-electron chi connectivity index (χ1n) is 3.74. The van der Waals surface area contributed by atoms with Gasteiger partial charge in [-0.2, -0.15) is 0 Å². The van der Waals surface area contributed by atoms with Gasteiger partial charge in [-0.25, -0.2) is 4.79 Å². The average molecular weight is 306 g/mol. The molecule has 0 aromatic heterocycles. The lowest BCUT2D eigenvalue weighted by Crippen LogP contribution is -2.11. The molecule has 4 nitrogen and oxygen atoms in total. The van der Waals surface area contributed by atoms with Crippen LogP contribution in [0.4, 0.5) is 0 Å². The second kappa shape index (κ2) is 4.94. The molecule has 1 rings (SSSR count). The largest absolute Gasteiger partial charge is 0.478 e. The van der Waals surface area contributed by atoms with Crippen molar-refractivity contribution in [3.63, 3.8) is 0 Å². The standard InChI is InChI=1S/C9H7IO4/c10-5-8(11)14-7-4-2-1-3-6(7)9(12)13/h1-4H,5H2,(H,12,13). The van der Waals surface area contributed by atoms with Crippen LogP contribution in [0.2, 0.25) is 0 Å². The third kappa shape index (κ3) is 2.69. The fraction of sp³-hybridized carbons (Fsp3) is 0.111. The SMILES string of the molecule is O=C(CI)Oc1ccccc1C(=O)O. The Kier molecular flexibility index (Phi) is 3.87. The quantitative estimate of drug-likeness (QED) is 0.400. The maximum atomic E-state index is 10.9. The monoisotopic (exact) mass is 306 g/mol. The van der Waals surface area contributed by atoms with Crippen LogP contribution in [0.3, 0.4) is 0 Å². The Morgan fingerprint density at radius 1 is 1.36 bits per heavy atom. The number of benzene rings is 1. The summed E-state index contributed by atoms with van der Waals surface area (Å²) in [5.41, 5.74) is -0.00861. The summed E-state index contributed by atoms with van der Waals surface area (Å²) in [4.78, 5) is 21.6. The predicted octanol–water partition coefficient (Wildman–Crippen LogP) is 1.73. The van der Waals surface area contributed by atoms with E-state index >= 15 is 0 Å². The van der Waals surface area contributed by atoms with E-state index in [9.17, 15) is 9.59 Å². The van der Waals surface area contributed by atoms with Gasteiger partial charge in [-0.1, -0.05) is 34.7 Å². The molecule has 1 N–H and O–H groups in total. The summed E-state index contributed by atoms with van der Waals surface area (Å²) in [6, 6.07) is 6.03. The van der Waals surface area contributed by atoms with Gasteiger partial charge in [0.1, 0.15) is 11.3 Å². The van der Waals surface area contributed by atoms with E-state index < -0.39 is 11.9 Å². The average Bonchev–Trinajstić information content (AvgIpc) is 2.18. The third-order valence-electron chi connectivity index (χ3n) is 1.45. The van der Waals surface area contributed by atoms with Crippen molar-refractivity contribution in [1.29, 1.82) is 0 Å². The molecular formula is C9H7IO4. The molecule has 1 aromatic carbocycles. The number of aromatic carboxylic acids is 1. The molecule has 0 amide bonds. The van der Waals surface area contributed by atoms with Crippen LogP contribution >= 0.6 is 22.6 Å². The molecule has 0 radical (unpaired) electrons. The number of esters is 1. The Morgan fingerprint density at radius 3 is 2.57 bits per heavy atom. The number of carbonyl (C=O) groups excluding carboxylic acids is 1. The number of carbonyl (C=O) groups is 2. The number of alkyl halides is 1. The molecule has 0 aliphatic carbocycles. The van der Waals surface area contributed by atoms with Crippen LogP contribution in [0, 0.1) is 0 Å². The molecule has 0 spiro atoms. The highest BCUT2D eigenvalue weighted by Gasteiger charge is 2.12. The van der Waals surface area contributed by atoms with Crippen molar-refractivity contribution in [3.8, 4) is 5.75 Å². The van der Waals surface area contributed by atoms with Crippen molar-refractivity contribution in [1.82, 2.24) is 0 Å². The van der Waals surface area contributed by atoms with Crippen molar-refractivity contribution in [2.24, 2.45) is 0 Å². The van der Waals surface area contributed by atoms with E-state index in [1.807, 2.05) is 22.6 Å². The van der Waals surface area contributed by atoms with Crippen molar-refractivity contribution < 1.29 is 19.4 Å². The molecule has 1 aromatic rings. The van der Waals surface area contributed by atoms with Crippen LogP contribution in [-0.4, -0.2) is 21.5 Å². The summed E-state index contributed by atoms with van der Waals surface area (Å²) in [6.45, 7) is 0. The zero-order valence-electron chi connectivity index (χ0n) is 7.07. The number of halogens is 1. The predicted molar refractivity (Wildman–Crippen MR) is 57.9 cm³/mol. The van der Waals surface area contributed by atoms with Gasteiger partial charge in [-0.15, -0.1) is 0 Å².